The molecule has 3 aromatic carbocycles. The first-order valence-electron chi connectivity index (χ1n) is 12.6. The summed E-state index contributed by atoms with van der Waals surface area (Å²) < 4.78 is 43.1. The number of hydrogen-bond donors (Lipinski definition) is 1. The van der Waals surface area contributed by atoms with Crippen LogP contribution in [0.4, 0.5) is 10.1 Å². The Morgan fingerprint density at radius 1 is 0.949 bits per heavy atom. The molecule has 208 valence electrons. The number of carbonyl (C=O) groups is 2. The van der Waals surface area contributed by atoms with Gasteiger partial charge in [-0.3, -0.25) is 13.9 Å². The van der Waals surface area contributed by atoms with Crippen LogP contribution in [0.25, 0.3) is 0 Å². The molecule has 0 spiro atoms. The number of benzene rings is 3. The van der Waals surface area contributed by atoms with Crippen LogP contribution in [-0.4, -0.2) is 44.3 Å². The Hall–Kier alpha value is -3.43. The Morgan fingerprint density at radius 3 is 2.15 bits per heavy atom. The predicted octanol–water partition coefficient (Wildman–Crippen LogP) is 5.17. The highest BCUT2D eigenvalue weighted by Crippen LogP contribution is 2.27. The van der Waals surface area contributed by atoms with Crippen molar-refractivity contribution in [3.63, 3.8) is 0 Å². The minimum Gasteiger partial charge on any atom is -0.354 e. The minimum atomic E-state index is -4.34. The molecule has 39 heavy (non-hydrogen) atoms. The van der Waals surface area contributed by atoms with Crippen molar-refractivity contribution in [2.75, 3.05) is 17.4 Å². The maximum Gasteiger partial charge on any atom is 0.264 e. The van der Waals surface area contributed by atoms with Crippen molar-refractivity contribution in [2.45, 2.75) is 45.2 Å². The lowest BCUT2D eigenvalue weighted by atomic mass is 10.1. The van der Waals surface area contributed by atoms with E-state index in [0.29, 0.717) is 17.1 Å². The van der Waals surface area contributed by atoms with Crippen molar-refractivity contribution >= 4 is 39.1 Å². The van der Waals surface area contributed by atoms with Gasteiger partial charge in [-0.05, 0) is 61.7 Å². The smallest absolute Gasteiger partial charge is 0.264 e. The SMILES string of the molecule is Cc1ccc(S(=O)(=O)N(CC(=O)N(Cc2ccc(Cl)cc2)[C@@H](C)C(=O)NCC(C)C)c2ccccc2F)cc1. The van der Waals surface area contributed by atoms with Crippen LogP contribution in [0, 0.1) is 18.7 Å². The summed E-state index contributed by atoms with van der Waals surface area (Å²) in [5.74, 6) is -1.66. The monoisotopic (exact) mass is 573 g/mol. The van der Waals surface area contributed by atoms with Crippen LogP contribution >= 0.6 is 11.6 Å². The standard InChI is InChI=1S/C29H33ClFN3O4S/c1-20(2)17-32-29(36)22(4)33(18-23-11-13-24(30)14-12-23)28(35)19-34(27-8-6-5-7-26(27)31)39(37,38)25-15-9-21(3)10-16-25/h5-16,20,22H,17-19H2,1-4H3,(H,32,36)/t22-/m0/s1. The molecular weight excluding hydrogens is 541 g/mol. The van der Waals surface area contributed by atoms with Gasteiger partial charge < -0.3 is 10.2 Å². The lowest BCUT2D eigenvalue weighted by Gasteiger charge is -2.32. The van der Waals surface area contributed by atoms with Crippen LogP contribution in [0.5, 0.6) is 0 Å². The van der Waals surface area contributed by atoms with Crippen LogP contribution in [0.3, 0.4) is 0 Å². The summed E-state index contributed by atoms with van der Waals surface area (Å²) in [7, 11) is -4.34. The van der Waals surface area contributed by atoms with Crippen molar-refractivity contribution in [3.05, 3.63) is 94.8 Å². The maximum absolute atomic E-state index is 14.9. The van der Waals surface area contributed by atoms with Gasteiger partial charge in [0.2, 0.25) is 11.8 Å². The third kappa shape index (κ3) is 7.80. The average molecular weight is 574 g/mol. The number of para-hydroxylation sites is 1. The van der Waals surface area contributed by atoms with Crippen molar-refractivity contribution in [3.8, 4) is 0 Å². The Morgan fingerprint density at radius 2 is 1.56 bits per heavy atom. The molecule has 0 fully saturated rings. The number of hydrogen-bond acceptors (Lipinski definition) is 4. The summed E-state index contributed by atoms with van der Waals surface area (Å²) in [6.07, 6.45) is 0. The highest BCUT2D eigenvalue weighted by atomic mass is 35.5. The van der Waals surface area contributed by atoms with Gasteiger partial charge in [-0.2, -0.15) is 0 Å². The summed E-state index contributed by atoms with van der Waals surface area (Å²) in [5, 5.41) is 3.33. The number of sulfonamides is 1. The molecule has 0 radical (unpaired) electrons. The Balaban J connectivity index is 2.02. The topological polar surface area (TPSA) is 86.8 Å². The summed E-state index contributed by atoms with van der Waals surface area (Å²) in [4.78, 5) is 28.0. The van der Waals surface area contributed by atoms with Crippen LogP contribution in [0.1, 0.15) is 31.9 Å². The van der Waals surface area contributed by atoms with Gasteiger partial charge in [-0.25, -0.2) is 12.8 Å². The van der Waals surface area contributed by atoms with Gasteiger partial charge in [0.05, 0.1) is 10.6 Å². The second kappa shape index (κ2) is 13.1. The molecule has 0 bridgehead atoms. The van der Waals surface area contributed by atoms with Crippen molar-refractivity contribution < 1.29 is 22.4 Å². The molecule has 2 amide bonds. The fourth-order valence-corrected chi connectivity index (χ4v) is 5.37. The van der Waals surface area contributed by atoms with Gasteiger partial charge in [0.1, 0.15) is 18.4 Å². The Kier molecular flexibility index (Phi) is 10.1. The van der Waals surface area contributed by atoms with Crippen molar-refractivity contribution in [2.24, 2.45) is 5.92 Å². The number of anilines is 1. The van der Waals surface area contributed by atoms with E-state index < -0.39 is 34.3 Å². The second-order valence-electron chi connectivity index (χ2n) is 9.74. The third-order valence-corrected chi connectivity index (χ3v) is 8.15. The van der Waals surface area contributed by atoms with Crippen LogP contribution in [-0.2, 0) is 26.2 Å². The number of aryl methyl sites for hydroxylation is 1. The zero-order chi connectivity index (χ0) is 28.7. The molecule has 3 aromatic rings. The molecule has 1 N–H and O–H groups in total. The van der Waals surface area contributed by atoms with E-state index in [-0.39, 0.29) is 29.0 Å². The fraction of sp³-hybridized carbons (Fsp3) is 0.310. The van der Waals surface area contributed by atoms with Gasteiger partial charge >= 0.3 is 0 Å². The first-order valence-corrected chi connectivity index (χ1v) is 14.4. The molecule has 7 nitrogen and oxygen atoms in total. The summed E-state index contributed by atoms with van der Waals surface area (Å²) in [6.45, 7) is 7.00. The summed E-state index contributed by atoms with van der Waals surface area (Å²) in [6, 6.07) is 17.3. The van der Waals surface area contributed by atoms with Gasteiger partial charge in [-0.1, -0.05) is 67.4 Å². The molecule has 0 heterocycles. The number of amides is 2. The zero-order valence-electron chi connectivity index (χ0n) is 22.4. The highest BCUT2D eigenvalue weighted by molar-refractivity contribution is 7.92. The summed E-state index contributed by atoms with van der Waals surface area (Å²) in [5.41, 5.74) is 1.27. The molecule has 10 heteroatoms. The minimum absolute atomic E-state index is 0.0158. The van der Waals surface area contributed by atoms with E-state index in [4.69, 9.17) is 11.6 Å². The number of carbonyl (C=O) groups excluding carboxylic acids is 2. The molecule has 0 aliphatic carbocycles. The highest BCUT2D eigenvalue weighted by Gasteiger charge is 2.33. The fourth-order valence-electron chi connectivity index (χ4n) is 3.83. The molecule has 0 unspecified atom stereocenters. The quantitative estimate of drug-likeness (QED) is 0.343. The third-order valence-electron chi connectivity index (χ3n) is 6.13. The molecule has 0 aromatic heterocycles. The molecule has 0 saturated carbocycles. The molecule has 3 rings (SSSR count). The number of halogens is 2. The van der Waals surface area contributed by atoms with Gasteiger partial charge in [0.15, 0.2) is 0 Å². The number of nitrogens with zero attached hydrogens (tertiary/aromatic N) is 2. The van der Waals surface area contributed by atoms with Gasteiger partial charge in [0, 0.05) is 18.1 Å². The predicted molar refractivity (Wildman–Crippen MR) is 151 cm³/mol. The number of nitrogens with one attached hydrogen (secondary N) is 1. The van der Waals surface area contributed by atoms with E-state index in [1.165, 1.54) is 35.2 Å². The lowest BCUT2D eigenvalue weighted by Crippen LogP contribution is -2.51. The lowest BCUT2D eigenvalue weighted by molar-refractivity contribution is -0.139. The first-order chi connectivity index (χ1) is 18.4. The Bertz CT molecular complexity index is 1400. The second-order valence-corrected chi connectivity index (χ2v) is 12.0. The van der Waals surface area contributed by atoms with E-state index >= 15 is 0 Å². The molecular formula is C29H33ClFN3O4S. The van der Waals surface area contributed by atoms with Gasteiger partial charge in [-0.15, -0.1) is 0 Å². The van der Waals surface area contributed by atoms with E-state index in [2.05, 4.69) is 5.32 Å². The number of rotatable bonds is 11. The van der Waals surface area contributed by atoms with E-state index in [1.807, 2.05) is 20.8 Å². The Labute approximate surface area is 234 Å². The van der Waals surface area contributed by atoms with E-state index in [0.717, 1.165) is 15.9 Å². The van der Waals surface area contributed by atoms with E-state index in [9.17, 15) is 22.4 Å². The maximum atomic E-state index is 14.9. The zero-order valence-corrected chi connectivity index (χ0v) is 24.0. The molecule has 0 saturated heterocycles. The van der Waals surface area contributed by atoms with Crippen molar-refractivity contribution in [1.82, 2.24) is 10.2 Å². The molecule has 0 aliphatic rings. The van der Waals surface area contributed by atoms with Crippen LogP contribution in [0.2, 0.25) is 5.02 Å². The first kappa shape index (κ1) is 30.1. The normalized spacial score (nSPS) is 12.2. The molecule has 0 aliphatic heterocycles. The van der Waals surface area contributed by atoms with Crippen molar-refractivity contribution in [1.29, 1.82) is 0 Å². The largest absolute Gasteiger partial charge is 0.354 e. The average Bonchev–Trinajstić information content (AvgIpc) is 2.90. The van der Waals surface area contributed by atoms with E-state index in [1.54, 1.807) is 43.3 Å². The van der Waals surface area contributed by atoms with Crippen LogP contribution < -0.4 is 9.62 Å². The molecule has 1 atom stereocenters. The van der Waals surface area contributed by atoms with Gasteiger partial charge in [0.25, 0.3) is 10.0 Å². The summed E-state index contributed by atoms with van der Waals surface area (Å²) >= 11 is 6.01. The van der Waals surface area contributed by atoms with Crippen LogP contribution in [0.15, 0.2) is 77.7 Å².